The van der Waals surface area contributed by atoms with Gasteiger partial charge in [0.15, 0.2) is 0 Å². The van der Waals surface area contributed by atoms with Crippen LogP contribution in [-0.2, 0) is 0 Å². The number of hydrogen-bond donors (Lipinski definition) is 2. The van der Waals surface area contributed by atoms with Crippen molar-refractivity contribution in [2.24, 2.45) is 17.7 Å². The third-order valence-corrected chi connectivity index (χ3v) is 4.93. The first-order chi connectivity index (χ1) is 9.15. The summed E-state index contributed by atoms with van der Waals surface area (Å²) in [6, 6.07) is 6.33. The van der Waals surface area contributed by atoms with E-state index in [9.17, 15) is 0 Å². The number of benzene rings is 1. The summed E-state index contributed by atoms with van der Waals surface area (Å²) in [5.41, 5.74) is 5.56. The minimum atomic E-state index is 0.233. The van der Waals surface area contributed by atoms with E-state index in [1.54, 1.807) is 0 Å². The molecule has 1 saturated carbocycles. The first-order valence-electron chi connectivity index (χ1n) is 7.37. The normalized spacial score (nSPS) is 25.3. The third-order valence-electron chi connectivity index (χ3n) is 4.70. The molecule has 106 valence electrons. The number of nitrogens with one attached hydrogen (secondary N) is 1. The van der Waals surface area contributed by atoms with Crippen molar-refractivity contribution in [1.82, 2.24) is 5.43 Å². The molecule has 0 heterocycles. The van der Waals surface area contributed by atoms with Crippen molar-refractivity contribution in [2.75, 3.05) is 0 Å². The summed E-state index contributed by atoms with van der Waals surface area (Å²) in [5.74, 6) is 7.37. The van der Waals surface area contributed by atoms with Gasteiger partial charge in [-0.25, -0.2) is 0 Å². The van der Waals surface area contributed by atoms with Crippen LogP contribution >= 0.6 is 11.6 Å². The van der Waals surface area contributed by atoms with Crippen molar-refractivity contribution < 1.29 is 0 Å². The molecule has 1 aliphatic carbocycles. The number of halogens is 1. The van der Waals surface area contributed by atoms with Crippen LogP contribution in [0.2, 0.25) is 5.02 Å². The quantitative estimate of drug-likeness (QED) is 0.635. The average molecular weight is 281 g/mol. The van der Waals surface area contributed by atoms with Gasteiger partial charge in [0.05, 0.1) is 0 Å². The molecule has 1 aromatic carbocycles. The van der Waals surface area contributed by atoms with Crippen LogP contribution in [0.25, 0.3) is 0 Å². The predicted octanol–water partition coefficient (Wildman–Crippen LogP) is 4.37. The van der Waals surface area contributed by atoms with Gasteiger partial charge in [0.1, 0.15) is 0 Å². The number of hydrogen-bond acceptors (Lipinski definition) is 2. The second-order valence-electron chi connectivity index (χ2n) is 5.83. The highest BCUT2D eigenvalue weighted by Gasteiger charge is 2.28. The largest absolute Gasteiger partial charge is 0.271 e. The fourth-order valence-electron chi connectivity index (χ4n) is 3.36. The minimum Gasteiger partial charge on any atom is -0.271 e. The fraction of sp³-hybridized carbons (Fsp3) is 0.625. The lowest BCUT2D eigenvalue weighted by atomic mass is 9.75. The Labute approximate surface area is 121 Å². The summed E-state index contributed by atoms with van der Waals surface area (Å²) >= 11 is 6.13. The average Bonchev–Trinajstić information content (AvgIpc) is 2.44. The maximum Gasteiger partial charge on any atom is 0.0491 e. The smallest absolute Gasteiger partial charge is 0.0491 e. The fourth-order valence-corrected chi connectivity index (χ4v) is 3.54. The molecule has 2 rings (SSSR count). The van der Waals surface area contributed by atoms with Gasteiger partial charge < -0.3 is 0 Å². The molecule has 0 radical (unpaired) electrons. The highest BCUT2D eigenvalue weighted by Crippen LogP contribution is 2.38. The molecular formula is C16H25ClN2. The summed E-state index contributed by atoms with van der Waals surface area (Å²) in [7, 11) is 0. The molecule has 0 spiro atoms. The van der Waals surface area contributed by atoms with Crippen molar-refractivity contribution in [2.45, 2.75) is 52.0 Å². The van der Waals surface area contributed by atoms with E-state index < -0.39 is 0 Å². The Morgan fingerprint density at radius 1 is 1.32 bits per heavy atom. The van der Waals surface area contributed by atoms with Crippen LogP contribution in [0.5, 0.6) is 0 Å². The van der Waals surface area contributed by atoms with E-state index in [1.807, 2.05) is 6.07 Å². The van der Waals surface area contributed by atoms with Gasteiger partial charge in [-0.2, -0.15) is 0 Å². The van der Waals surface area contributed by atoms with Crippen LogP contribution in [0.4, 0.5) is 0 Å². The van der Waals surface area contributed by atoms with E-state index in [0.717, 1.165) is 10.9 Å². The lowest BCUT2D eigenvalue weighted by Crippen LogP contribution is -2.35. The van der Waals surface area contributed by atoms with Crippen LogP contribution in [0, 0.1) is 18.8 Å². The Balaban J connectivity index is 2.14. The van der Waals surface area contributed by atoms with E-state index in [1.165, 1.54) is 43.2 Å². The van der Waals surface area contributed by atoms with Crippen molar-refractivity contribution in [3.05, 3.63) is 34.3 Å². The van der Waals surface area contributed by atoms with E-state index in [2.05, 4.69) is 31.4 Å². The standard InChI is InChI=1S/C16H25ClN2/c1-3-12-5-7-13(8-6-12)16(19-18)15-10-14(17)9-4-11(15)2/h4,9-10,12-13,16,19H,3,5-8,18H2,1-2H3. The molecule has 0 saturated heterocycles. The zero-order chi connectivity index (χ0) is 13.8. The predicted molar refractivity (Wildman–Crippen MR) is 82.0 cm³/mol. The molecule has 1 unspecified atom stereocenters. The van der Waals surface area contributed by atoms with Crippen LogP contribution in [0.3, 0.4) is 0 Å². The van der Waals surface area contributed by atoms with Gasteiger partial charge in [0.2, 0.25) is 0 Å². The van der Waals surface area contributed by atoms with Gasteiger partial charge in [0, 0.05) is 11.1 Å². The highest BCUT2D eigenvalue weighted by atomic mass is 35.5. The van der Waals surface area contributed by atoms with E-state index in [4.69, 9.17) is 17.4 Å². The molecule has 0 amide bonds. The SMILES string of the molecule is CCC1CCC(C(NN)c2cc(Cl)ccc2C)CC1. The maximum atomic E-state index is 6.13. The number of hydrazine groups is 1. The minimum absolute atomic E-state index is 0.233. The summed E-state index contributed by atoms with van der Waals surface area (Å²) in [6.07, 6.45) is 6.50. The van der Waals surface area contributed by atoms with Gasteiger partial charge in [-0.15, -0.1) is 0 Å². The third kappa shape index (κ3) is 3.50. The molecule has 19 heavy (non-hydrogen) atoms. The van der Waals surface area contributed by atoms with Crippen LogP contribution in [0.15, 0.2) is 18.2 Å². The van der Waals surface area contributed by atoms with Crippen LogP contribution in [0.1, 0.15) is 56.2 Å². The van der Waals surface area contributed by atoms with Gasteiger partial charge >= 0.3 is 0 Å². The van der Waals surface area contributed by atoms with E-state index >= 15 is 0 Å². The maximum absolute atomic E-state index is 6.13. The Kier molecular flexibility index (Phi) is 5.26. The molecular weight excluding hydrogens is 256 g/mol. The summed E-state index contributed by atoms with van der Waals surface area (Å²) in [4.78, 5) is 0. The molecule has 0 bridgehead atoms. The summed E-state index contributed by atoms with van der Waals surface area (Å²) in [6.45, 7) is 4.43. The zero-order valence-electron chi connectivity index (χ0n) is 12.0. The van der Waals surface area contributed by atoms with Crippen LogP contribution < -0.4 is 11.3 Å². The summed E-state index contributed by atoms with van der Waals surface area (Å²) < 4.78 is 0. The molecule has 3 N–H and O–H groups in total. The molecule has 3 heteroatoms. The van der Waals surface area contributed by atoms with Crippen molar-refractivity contribution in [3.8, 4) is 0 Å². The van der Waals surface area contributed by atoms with Gasteiger partial charge in [0.25, 0.3) is 0 Å². The lowest BCUT2D eigenvalue weighted by molar-refractivity contribution is 0.219. The number of nitrogens with two attached hydrogens (primary N) is 1. The van der Waals surface area contributed by atoms with Crippen LogP contribution in [-0.4, -0.2) is 0 Å². The van der Waals surface area contributed by atoms with Gasteiger partial charge in [-0.1, -0.05) is 43.9 Å². The van der Waals surface area contributed by atoms with E-state index in [-0.39, 0.29) is 6.04 Å². The molecule has 1 aliphatic rings. The summed E-state index contributed by atoms with van der Waals surface area (Å²) in [5, 5.41) is 0.795. The van der Waals surface area contributed by atoms with Gasteiger partial charge in [-0.05, 0) is 54.9 Å². The number of aryl methyl sites for hydroxylation is 1. The molecule has 1 aromatic rings. The first kappa shape index (κ1) is 14.8. The monoisotopic (exact) mass is 280 g/mol. The molecule has 1 fully saturated rings. The Morgan fingerprint density at radius 2 is 2.00 bits per heavy atom. The molecule has 0 aliphatic heterocycles. The second kappa shape index (κ2) is 6.74. The highest BCUT2D eigenvalue weighted by molar-refractivity contribution is 6.30. The Hall–Kier alpha value is -0.570. The topological polar surface area (TPSA) is 38.0 Å². The number of rotatable bonds is 4. The molecule has 1 atom stereocenters. The zero-order valence-corrected chi connectivity index (χ0v) is 12.7. The molecule has 0 aromatic heterocycles. The Morgan fingerprint density at radius 3 is 2.58 bits per heavy atom. The van der Waals surface area contributed by atoms with Gasteiger partial charge in [-0.3, -0.25) is 11.3 Å². The Bertz CT molecular complexity index is 411. The second-order valence-corrected chi connectivity index (χ2v) is 6.27. The first-order valence-corrected chi connectivity index (χ1v) is 7.75. The van der Waals surface area contributed by atoms with Crippen molar-refractivity contribution in [3.63, 3.8) is 0 Å². The lowest BCUT2D eigenvalue weighted by Gasteiger charge is -2.34. The van der Waals surface area contributed by atoms with Crippen molar-refractivity contribution in [1.29, 1.82) is 0 Å². The molecule has 2 nitrogen and oxygen atoms in total. The van der Waals surface area contributed by atoms with E-state index in [0.29, 0.717) is 5.92 Å². The van der Waals surface area contributed by atoms with Crippen molar-refractivity contribution >= 4 is 11.6 Å².